The second-order valence-corrected chi connectivity index (χ2v) is 7.16. The third kappa shape index (κ3) is 2.67. The van der Waals surface area contributed by atoms with E-state index in [-0.39, 0.29) is 0 Å². The van der Waals surface area contributed by atoms with Crippen LogP contribution in [0.5, 0.6) is 0 Å². The molecule has 14 heavy (non-hydrogen) atoms. The molecule has 0 bridgehead atoms. The molecule has 0 N–H and O–H groups in total. The number of nitrogens with zero attached hydrogens (tertiary/aromatic N) is 1. The van der Waals surface area contributed by atoms with Gasteiger partial charge < -0.3 is 0 Å². The van der Waals surface area contributed by atoms with E-state index in [1.807, 2.05) is 0 Å². The van der Waals surface area contributed by atoms with Crippen LogP contribution in [0.3, 0.4) is 0 Å². The lowest BCUT2D eigenvalue weighted by molar-refractivity contribution is 0.144. The zero-order valence-corrected chi connectivity index (χ0v) is 11.3. The van der Waals surface area contributed by atoms with E-state index in [2.05, 4.69) is 39.5 Å². The molecule has 2 heterocycles. The third-order valence-electron chi connectivity index (χ3n) is 3.65. The number of alkyl halides is 1. The fraction of sp³-hybridized carbons (Fsp3) is 1.00. The van der Waals surface area contributed by atoms with Crippen molar-refractivity contribution in [1.29, 1.82) is 0 Å². The standard InChI is InChI=1S/C11H20BrNS/c1-9(12)10-2-5-13(6-3-10)11-4-7-14-8-11/h9-11H,2-8H2,1H3. The van der Waals surface area contributed by atoms with E-state index in [0.717, 1.165) is 12.0 Å². The van der Waals surface area contributed by atoms with Gasteiger partial charge in [0.1, 0.15) is 0 Å². The molecule has 0 radical (unpaired) electrons. The minimum absolute atomic E-state index is 0.711. The second kappa shape index (κ2) is 5.22. The van der Waals surface area contributed by atoms with Crippen LogP contribution in [0.1, 0.15) is 26.2 Å². The van der Waals surface area contributed by atoms with Gasteiger partial charge in [-0.15, -0.1) is 0 Å². The second-order valence-electron chi connectivity index (χ2n) is 4.57. The molecule has 2 fully saturated rings. The molecular formula is C11H20BrNS. The van der Waals surface area contributed by atoms with Crippen molar-refractivity contribution in [3.05, 3.63) is 0 Å². The summed E-state index contributed by atoms with van der Waals surface area (Å²) in [5, 5.41) is 0. The highest BCUT2D eigenvalue weighted by Gasteiger charge is 2.28. The highest BCUT2D eigenvalue weighted by Crippen LogP contribution is 2.29. The van der Waals surface area contributed by atoms with Gasteiger partial charge in [0.05, 0.1) is 0 Å². The number of rotatable bonds is 2. The van der Waals surface area contributed by atoms with Crippen LogP contribution in [0.25, 0.3) is 0 Å². The van der Waals surface area contributed by atoms with Crippen LogP contribution >= 0.6 is 27.7 Å². The largest absolute Gasteiger partial charge is 0.300 e. The van der Waals surface area contributed by atoms with Crippen molar-refractivity contribution >= 4 is 27.7 Å². The summed E-state index contributed by atoms with van der Waals surface area (Å²) >= 11 is 5.85. The Hall–Kier alpha value is 0.790. The molecule has 0 spiro atoms. The molecule has 0 aliphatic carbocycles. The summed E-state index contributed by atoms with van der Waals surface area (Å²) in [4.78, 5) is 3.44. The molecule has 3 heteroatoms. The van der Waals surface area contributed by atoms with Gasteiger partial charge in [-0.05, 0) is 44.0 Å². The highest BCUT2D eigenvalue weighted by atomic mass is 79.9. The van der Waals surface area contributed by atoms with Crippen LogP contribution in [0.2, 0.25) is 0 Å². The Kier molecular flexibility index (Phi) is 4.21. The number of hydrogen-bond donors (Lipinski definition) is 0. The lowest BCUT2D eigenvalue weighted by atomic mass is 9.93. The maximum Gasteiger partial charge on any atom is 0.0194 e. The number of likely N-dealkylation sites (tertiary alicyclic amines) is 1. The molecule has 2 rings (SSSR count). The van der Waals surface area contributed by atoms with Gasteiger partial charge in [-0.1, -0.05) is 22.9 Å². The molecule has 2 saturated heterocycles. The molecule has 0 aromatic heterocycles. The fourth-order valence-corrected chi connectivity index (χ4v) is 4.34. The van der Waals surface area contributed by atoms with Crippen molar-refractivity contribution < 1.29 is 0 Å². The van der Waals surface area contributed by atoms with Crippen molar-refractivity contribution in [3.63, 3.8) is 0 Å². The summed E-state index contributed by atoms with van der Waals surface area (Å²) in [5.74, 6) is 3.69. The van der Waals surface area contributed by atoms with Gasteiger partial charge >= 0.3 is 0 Å². The Morgan fingerprint density at radius 2 is 2.00 bits per heavy atom. The zero-order valence-electron chi connectivity index (χ0n) is 8.92. The molecule has 82 valence electrons. The minimum atomic E-state index is 0.711. The van der Waals surface area contributed by atoms with E-state index in [1.165, 1.54) is 43.9 Å². The molecule has 2 aliphatic heterocycles. The van der Waals surface area contributed by atoms with Crippen molar-refractivity contribution in [2.75, 3.05) is 24.6 Å². The summed E-state index contributed by atoms with van der Waals surface area (Å²) in [5.41, 5.74) is 0. The molecule has 0 amide bonds. The number of halogens is 1. The first-order valence-corrected chi connectivity index (χ1v) is 7.80. The third-order valence-corrected chi connectivity index (χ3v) is 5.54. The average molecular weight is 278 g/mol. The lowest BCUT2D eigenvalue weighted by Crippen LogP contribution is -2.42. The summed E-state index contributed by atoms with van der Waals surface area (Å²) in [7, 11) is 0. The van der Waals surface area contributed by atoms with Crippen LogP contribution in [0.4, 0.5) is 0 Å². The predicted molar refractivity (Wildman–Crippen MR) is 68.4 cm³/mol. The topological polar surface area (TPSA) is 3.24 Å². The van der Waals surface area contributed by atoms with Gasteiger partial charge in [-0.3, -0.25) is 4.90 Å². The van der Waals surface area contributed by atoms with Gasteiger partial charge in [-0.2, -0.15) is 11.8 Å². The number of thioether (sulfide) groups is 1. The zero-order chi connectivity index (χ0) is 9.97. The summed E-state index contributed by atoms with van der Waals surface area (Å²) in [6.07, 6.45) is 4.22. The Labute approximate surface area is 100 Å². The van der Waals surface area contributed by atoms with Crippen LogP contribution < -0.4 is 0 Å². The smallest absolute Gasteiger partial charge is 0.0194 e. The molecular weight excluding hydrogens is 258 g/mol. The maximum absolute atomic E-state index is 3.72. The fourth-order valence-electron chi connectivity index (χ4n) is 2.55. The SMILES string of the molecule is CC(Br)C1CCN(C2CCSC2)CC1. The molecule has 2 atom stereocenters. The predicted octanol–water partition coefficient (Wildman–Crippen LogP) is 2.99. The van der Waals surface area contributed by atoms with E-state index in [1.54, 1.807) is 0 Å². The van der Waals surface area contributed by atoms with Crippen molar-refractivity contribution in [3.8, 4) is 0 Å². The van der Waals surface area contributed by atoms with Gasteiger partial charge in [0, 0.05) is 16.6 Å². The average Bonchev–Trinajstić information content (AvgIpc) is 2.71. The van der Waals surface area contributed by atoms with E-state index < -0.39 is 0 Å². The summed E-state index contributed by atoms with van der Waals surface area (Å²) < 4.78 is 0. The summed E-state index contributed by atoms with van der Waals surface area (Å²) in [6.45, 7) is 4.98. The van der Waals surface area contributed by atoms with E-state index in [9.17, 15) is 0 Å². The van der Waals surface area contributed by atoms with Gasteiger partial charge in [0.15, 0.2) is 0 Å². The first-order valence-electron chi connectivity index (χ1n) is 5.73. The Balaban J connectivity index is 1.77. The van der Waals surface area contributed by atoms with Crippen molar-refractivity contribution in [2.24, 2.45) is 5.92 Å². The minimum Gasteiger partial charge on any atom is -0.300 e. The first-order chi connectivity index (χ1) is 6.77. The van der Waals surface area contributed by atoms with Crippen molar-refractivity contribution in [2.45, 2.75) is 37.1 Å². The van der Waals surface area contributed by atoms with Crippen LogP contribution in [-0.4, -0.2) is 40.4 Å². The maximum atomic E-state index is 3.72. The molecule has 2 aliphatic rings. The van der Waals surface area contributed by atoms with Crippen LogP contribution in [0, 0.1) is 5.92 Å². The van der Waals surface area contributed by atoms with E-state index in [4.69, 9.17) is 0 Å². The highest BCUT2D eigenvalue weighted by molar-refractivity contribution is 9.09. The molecule has 0 aromatic rings. The molecule has 1 nitrogen and oxygen atoms in total. The molecule has 2 unspecified atom stereocenters. The Morgan fingerprint density at radius 3 is 2.50 bits per heavy atom. The Morgan fingerprint density at radius 1 is 1.29 bits per heavy atom. The quantitative estimate of drug-likeness (QED) is 0.714. The van der Waals surface area contributed by atoms with E-state index >= 15 is 0 Å². The molecule has 0 saturated carbocycles. The monoisotopic (exact) mass is 277 g/mol. The normalized spacial score (nSPS) is 33.4. The van der Waals surface area contributed by atoms with Gasteiger partial charge in [0.25, 0.3) is 0 Å². The number of hydrogen-bond acceptors (Lipinski definition) is 2. The van der Waals surface area contributed by atoms with Gasteiger partial charge in [-0.25, -0.2) is 0 Å². The van der Waals surface area contributed by atoms with E-state index in [0.29, 0.717) is 4.83 Å². The summed E-state index contributed by atoms with van der Waals surface area (Å²) in [6, 6.07) is 0.909. The number of piperidine rings is 1. The van der Waals surface area contributed by atoms with Crippen molar-refractivity contribution in [1.82, 2.24) is 4.90 Å². The van der Waals surface area contributed by atoms with Crippen LogP contribution in [0.15, 0.2) is 0 Å². The van der Waals surface area contributed by atoms with Crippen LogP contribution in [-0.2, 0) is 0 Å². The molecule has 0 aromatic carbocycles. The first kappa shape index (κ1) is 11.3. The Bertz CT molecular complexity index is 172. The van der Waals surface area contributed by atoms with Gasteiger partial charge in [0.2, 0.25) is 0 Å². The lowest BCUT2D eigenvalue weighted by Gasteiger charge is -2.36.